The first-order chi connectivity index (χ1) is 13.1. The Morgan fingerprint density at radius 3 is 2.81 bits per heavy atom. The molecule has 1 aromatic heterocycles. The van der Waals surface area contributed by atoms with Gasteiger partial charge in [-0.15, -0.1) is 0 Å². The number of halogens is 1. The molecule has 1 aromatic carbocycles. The van der Waals surface area contributed by atoms with E-state index in [2.05, 4.69) is 10.4 Å². The third kappa shape index (κ3) is 4.05. The molecule has 6 heteroatoms. The van der Waals surface area contributed by atoms with Crippen LogP contribution < -0.4 is 5.32 Å². The summed E-state index contributed by atoms with van der Waals surface area (Å²) in [6, 6.07) is 6.87. The summed E-state index contributed by atoms with van der Waals surface area (Å²) < 4.78 is 15.2. The summed E-state index contributed by atoms with van der Waals surface area (Å²) in [4.78, 5) is 15.1. The van der Waals surface area contributed by atoms with Gasteiger partial charge in [-0.1, -0.05) is 12.1 Å². The number of carbonyl (C=O) groups is 1. The normalized spacial score (nSPS) is 23.7. The minimum atomic E-state index is -0.171. The Kier molecular flexibility index (Phi) is 5.25. The zero-order valence-corrected chi connectivity index (χ0v) is 15.8. The number of likely N-dealkylation sites (tertiary alicyclic amines) is 1. The first kappa shape index (κ1) is 18.2. The SMILES string of the molecule is Cn1cc([C@H]2CNC[C@@H]2C(=O)N2CCC(Cc3cccc(F)c3)CC2)cn1. The van der Waals surface area contributed by atoms with Gasteiger partial charge in [0.1, 0.15) is 5.82 Å². The minimum Gasteiger partial charge on any atom is -0.342 e. The average molecular weight is 370 g/mol. The fraction of sp³-hybridized carbons (Fsp3) is 0.524. The lowest BCUT2D eigenvalue weighted by Crippen LogP contribution is -2.43. The highest BCUT2D eigenvalue weighted by atomic mass is 19.1. The Balaban J connectivity index is 1.34. The van der Waals surface area contributed by atoms with Gasteiger partial charge < -0.3 is 10.2 Å². The number of hydrogen-bond donors (Lipinski definition) is 1. The van der Waals surface area contributed by atoms with Crippen molar-refractivity contribution in [1.82, 2.24) is 20.0 Å². The Labute approximate surface area is 159 Å². The summed E-state index contributed by atoms with van der Waals surface area (Å²) >= 11 is 0. The predicted octanol–water partition coefficient (Wildman–Crippen LogP) is 2.34. The fourth-order valence-corrected chi connectivity index (χ4v) is 4.51. The van der Waals surface area contributed by atoms with E-state index in [0.717, 1.165) is 56.6 Å². The van der Waals surface area contributed by atoms with E-state index < -0.39 is 0 Å². The van der Waals surface area contributed by atoms with Crippen molar-refractivity contribution in [1.29, 1.82) is 0 Å². The average Bonchev–Trinajstić information content (AvgIpc) is 3.30. The summed E-state index contributed by atoms with van der Waals surface area (Å²) in [7, 11) is 1.91. The van der Waals surface area contributed by atoms with Crippen LogP contribution in [0.3, 0.4) is 0 Å². The molecule has 2 saturated heterocycles. The van der Waals surface area contributed by atoms with Gasteiger partial charge in [-0.05, 0) is 48.4 Å². The third-order valence-corrected chi connectivity index (χ3v) is 6.02. The number of benzene rings is 1. The molecule has 0 spiro atoms. The highest BCUT2D eigenvalue weighted by Crippen LogP contribution is 2.31. The van der Waals surface area contributed by atoms with Crippen LogP contribution in [-0.2, 0) is 18.3 Å². The predicted molar refractivity (Wildman–Crippen MR) is 102 cm³/mol. The van der Waals surface area contributed by atoms with Crippen molar-refractivity contribution >= 4 is 5.91 Å². The van der Waals surface area contributed by atoms with E-state index in [4.69, 9.17) is 0 Å². The van der Waals surface area contributed by atoms with Crippen LogP contribution in [0, 0.1) is 17.7 Å². The molecule has 5 nitrogen and oxygen atoms in total. The van der Waals surface area contributed by atoms with Gasteiger partial charge in [0.2, 0.25) is 5.91 Å². The Hall–Kier alpha value is -2.21. The molecular weight excluding hydrogens is 343 g/mol. The van der Waals surface area contributed by atoms with Crippen LogP contribution in [0.15, 0.2) is 36.7 Å². The first-order valence-electron chi connectivity index (χ1n) is 9.82. The Bertz CT molecular complexity index is 797. The molecule has 0 radical (unpaired) electrons. The lowest BCUT2D eigenvalue weighted by molar-refractivity contribution is -0.136. The van der Waals surface area contributed by atoms with Crippen LogP contribution in [0.1, 0.15) is 29.9 Å². The van der Waals surface area contributed by atoms with Gasteiger partial charge in [-0.3, -0.25) is 9.48 Å². The van der Waals surface area contributed by atoms with Crippen molar-refractivity contribution in [3.63, 3.8) is 0 Å². The third-order valence-electron chi connectivity index (χ3n) is 6.02. The van der Waals surface area contributed by atoms with Crippen LogP contribution >= 0.6 is 0 Å². The van der Waals surface area contributed by atoms with Crippen molar-refractivity contribution in [2.45, 2.75) is 25.2 Å². The number of aromatic nitrogens is 2. The second-order valence-electron chi connectivity index (χ2n) is 7.92. The van der Waals surface area contributed by atoms with E-state index in [1.165, 1.54) is 6.07 Å². The topological polar surface area (TPSA) is 50.2 Å². The van der Waals surface area contributed by atoms with Crippen molar-refractivity contribution in [2.24, 2.45) is 18.9 Å². The molecule has 0 unspecified atom stereocenters. The van der Waals surface area contributed by atoms with Gasteiger partial charge in [0.25, 0.3) is 0 Å². The molecule has 2 aliphatic rings. The standard InChI is InChI=1S/C21H27FN4O/c1-25-14-17(11-24-25)19-12-23-13-20(19)21(27)26-7-5-15(6-8-26)9-16-3-2-4-18(22)10-16/h2-4,10-11,14-15,19-20,23H,5-9,12-13H2,1H3/t19-,20+/m1/s1. The zero-order chi connectivity index (χ0) is 18.8. The largest absolute Gasteiger partial charge is 0.342 e. The maximum absolute atomic E-state index is 13.4. The van der Waals surface area contributed by atoms with Crippen molar-refractivity contribution in [3.05, 3.63) is 53.6 Å². The molecule has 0 saturated carbocycles. The summed E-state index contributed by atoms with van der Waals surface area (Å²) in [5, 5.41) is 7.64. The van der Waals surface area contributed by atoms with Gasteiger partial charge in [0.15, 0.2) is 0 Å². The maximum Gasteiger partial charge on any atom is 0.227 e. The lowest BCUT2D eigenvalue weighted by atomic mass is 9.87. The second-order valence-corrected chi connectivity index (χ2v) is 7.92. The molecule has 144 valence electrons. The van der Waals surface area contributed by atoms with Crippen LogP contribution in [-0.4, -0.2) is 46.8 Å². The first-order valence-corrected chi connectivity index (χ1v) is 9.82. The molecular formula is C21H27FN4O. The minimum absolute atomic E-state index is 0.00558. The van der Waals surface area contributed by atoms with E-state index in [-0.39, 0.29) is 23.6 Å². The van der Waals surface area contributed by atoms with Crippen LogP contribution in [0.25, 0.3) is 0 Å². The van der Waals surface area contributed by atoms with E-state index in [9.17, 15) is 9.18 Å². The molecule has 2 aromatic rings. The molecule has 2 atom stereocenters. The molecule has 2 aliphatic heterocycles. The molecule has 0 aliphatic carbocycles. The van der Waals surface area contributed by atoms with Gasteiger partial charge in [0.05, 0.1) is 12.1 Å². The van der Waals surface area contributed by atoms with Crippen LogP contribution in [0.4, 0.5) is 4.39 Å². The maximum atomic E-state index is 13.4. The van der Waals surface area contributed by atoms with Crippen molar-refractivity contribution in [3.8, 4) is 0 Å². The molecule has 1 amide bonds. The number of amides is 1. The number of nitrogens with zero attached hydrogens (tertiary/aromatic N) is 3. The molecule has 4 rings (SSSR count). The van der Waals surface area contributed by atoms with Crippen molar-refractivity contribution in [2.75, 3.05) is 26.2 Å². The van der Waals surface area contributed by atoms with E-state index in [0.29, 0.717) is 5.92 Å². The number of aryl methyl sites for hydroxylation is 1. The summed E-state index contributed by atoms with van der Waals surface area (Å²) in [5.41, 5.74) is 2.19. The quantitative estimate of drug-likeness (QED) is 0.899. The van der Waals surface area contributed by atoms with E-state index in [1.807, 2.05) is 30.4 Å². The summed E-state index contributed by atoms with van der Waals surface area (Å²) in [6.07, 6.45) is 6.76. The van der Waals surface area contributed by atoms with Gasteiger partial charge in [-0.2, -0.15) is 5.10 Å². The molecule has 3 heterocycles. The van der Waals surface area contributed by atoms with E-state index in [1.54, 1.807) is 16.8 Å². The Morgan fingerprint density at radius 1 is 1.30 bits per heavy atom. The number of piperidine rings is 1. The lowest BCUT2D eigenvalue weighted by Gasteiger charge is -2.34. The monoisotopic (exact) mass is 370 g/mol. The fourth-order valence-electron chi connectivity index (χ4n) is 4.51. The zero-order valence-electron chi connectivity index (χ0n) is 15.8. The van der Waals surface area contributed by atoms with Gasteiger partial charge in [-0.25, -0.2) is 4.39 Å². The van der Waals surface area contributed by atoms with Crippen LogP contribution in [0.5, 0.6) is 0 Å². The van der Waals surface area contributed by atoms with Gasteiger partial charge in [0, 0.05) is 45.3 Å². The Morgan fingerprint density at radius 2 is 2.11 bits per heavy atom. The molecule has 2 fully saturated rings. The number of nitrogens with one attached hydrogen (secondary N) is 1. The molecule has 1 N–H and O–H groups in total. The summed E-state index contributed by atoms with van der Waals surface area (Å²) in [6.45, 7) is 3.17. The van der Waals surface area contributed by atoms with Gasteiger partial charge >= 0.3 is 0 Å². The number of hydrogen-bond acceptors (Lipinski definition) is 3. The molecule has 0 bridgehead atoms. The highest BCUT2D eigenvalue weighted by molar-refractivity contribution is 5.80. The molecule has 27 heavy (non-hydrogen) atoms. The van der Waals surface area contributed by atoms with E-state index >= 15 is 0 Å². The highest BCUT2D eigenvalue weighted by Gasteiger charge is 2.37. The van der Waals surface area contributed by atoms with Crippen molar-refractivity contribution < 1.29 is 9.18 Å². The summed E-state index contributed by atoms with van der Waals surface area (Å²) in [5.74, 6) is 0.810. The number of carbonyl (C=O) groups excluding carboxylic acids is 1. The number of rotatable bonds is 4. The van der Waals surface area contributed by atoms with Crippen LogP contribution in [0.2, 0.25) is 0 Å². The second kappa shape index (κ2) is 7.80. The smallest absolute Gasteiger partial charge is 0.227 e.